The number of rotatable bonds is 2. The lowest BCUT2D eigenvalue weighted by atomic mass is 10.1. The molecule has 1 aromatic heterocycles. The first-order valence-corrected chi connectivity index (χ1v) is 6.61. The van der Waals surface area contributed by atoms with Gasteiger partial charge in [0.2, 0.25) is 0 Å². The highest BCUT2D eigenvalue weighted by Crippen LogP contribution is 2.29. The van der Waals surface area contributed by atoms with Crippen molar-refractivity contribution in [2.24, 2.45) is 0 Å². The maximum absolute atomic E-state index is 2.32. The van der Waals surface area contributed by atoms with Gasteiger partial charge in [-0.1, -0.05) is 42.5 Å². The third-order valence-electron chi connectivity index (χ3n) is 3.51. The van der Waals surface area contributed by atoms with Crippen LogP contribution in [0, 0.1) is 6.92 Å². The lowest BCUT2D eigenvalue weighted by molar-refractivity contribution is 1.10. The van der Waals surface area contributed by atoms with E-state index < -0.39 is 0 Å². The van der Waals surface area contributed by atoms with E-state index in [9.17, 15) is 0 Å². The molecule has 0 bridgehead atoms. The summed E-state index contributed by atoms with van der Waals surface area (Å²) < 4.78 is 2.32. The van der Waals surface area contributed by atoms with E-state index in [1.54, 1.807) is 0 Å². The molecule has 0 saturated heterocycles. The van der Waals surface area contributed by atoms with Crippen molar-refractivity contribution in [1.29, 1.82) is 0 Å². The third-order valence-corrected chi connectivity index (χ3v) is 3.51. The van der Waals surface area contributed by atoms with Crippen molar-refractivity contribution in [3.63, 3.8) is 0 Å². The number of benzene rings is 2. The highest BCUT2D eigenvalue weighted by Gasteiger charge is 2.12. The molecular weight excluding hydrogens is 230 g/mol. The molecule has 19 heavy (non-hydrogen) atoms. The lowest BCUT2D eigenvalue weighted by Gasteiger charge is -2.08. The molecule has 1 heteroatoms. The first-order chi connectivity index (χ1) is 9.33. The minimum Gasteiger partial charge on any atom is -0.310 e. The van der Waals surface area contributed by atoms with Crippen molar-refractivity contribution in [2.75, 3.05) is 0 Å². The van der Waals surface area contributed by atoms with Gasteiger partial charge in [0.25, 0.3) is 0 Å². The minimum atomic E-state index is 1.21. The molecule has 3 aromatic rings. The summed E-state index contributed by atoms with van der Waals surface area (Å²) in [6, 6.07) is 19.1. The van der Waals surface area contributed by atoms with Crippen LogP contribution in [0.15, 0.2) is 60.7 Å². The predicted octanol–water partition coefficient (Wildman–Crippen LogP) is 4.97. The van der Waals surface area contributed by atoms with E-state index >= 15 is 0 Å². The van der Waals surface area contributed by atoms with Gasteiger partial charge in [0.05, 0.1) is 5.52 Å². The minimum absolute atomic E-state index is 1.21. The monoisotopic (exact) mass is 247 g/mol. The number of aryl methyl sites for hydroxylation is 1. The van der Waals surface area contributed by atoms with Crippen LogP contribution in [0.2, 0.25) is 0 Å². The van der Waals surface area contributed by atoms with Gasteiger partial charge in [0.15, 0.2) is 0 Å². The second kappa shape index (κ2) is 4.77. The molecule has 0 spiro atoms. The standard InChI is InChI=1S/C18H17N/c1-3-9-17-14(2)16-12-7-8-13-18(16)19(17)15-10-5-4-6-11-15/h3-13H,1-2H3/b9-3-. The van der Waals surface area contributed by atoms with Gasteiger partial charge in [-0.2, -0.15) is 0 Å². The summed E-state index contributed by atoms with van der Waals surface area (Å²) in [7, 11) is 0. The summed E-state index contributed by atoms with van der Waals surface area (Å²) in [4.78, 5) is 0. The van der Waals surface area contributed by atoms with Crippen LogP contribution < -0.4 is 0 Å². The molecule has 0 aliphatic heterocycles. The van der Waals surface area contributed by atoms with E-state index in [0.717, 1.165) is 0 Å². The number of hydrogen-bond donors (Lipinski definition) is 0. The topological polar surface area (TPSA) is 4.93 Å². The number of para-hydroxylation sites is 2. The zero-order valence-corrected chi connectivity index (χ0v) is 11.3. The first-order valence-electron chi connectivity index (χ1n) is 6.61. The molecule has 0 amide bonds. The summed E-state index contributed by atoms with van der Waals surface area (Å²) in [5.41, 5.74) is 5.06. The maximum atomic E-state index is 2.32. The van der Waals surface area contributed by atoms with Crippen LogP contribution >= 0.6 is 0 Å². The Hall–Kier alpha value is -2.28. The molecule has 1 heterocycles. The molecule has 0 saturated carbocycles. The number of aromatic nitrogens is 1. The second-order valence-electron chi connectivity index (χ2n) is 4.70. The molecule has 0 unspecified atom stereocenters. The van der Waals surface area contributed by atoms with Crippen LogP contribution in [0.1, 0.15) is 18.2 Å². The Kier molecular flexibility index (Phi) is 2.96. The molecule has 0 aliphatic carbocycles. The van der Waals surface area contributed by atoms with Crippen LogP contribution in [-0.2, 0) is 0 Å². The summed E-state index contributed by atoms with van der Waals surface area (Å²) in [6.07, 6.45) is 4.28. The Morgan fingerprint density at radius 1 is 0.895 bits per heavy atom. The molecule has 3 rings (SSSR count). The average molecular weight is 247 g/mol. The fourth-order valence-corrected chi connectivity index (χ4v) is 2.63. The number of hydrogen-bond acceptors (Lipinski definition) is 0. The number of nitrogens with zero attached hydrogens (tertiary/aromatic N) is 1. The zero-order valence-electron chi connectivity index (χ0n) is 11.3. The SMILES string of the molecule is C/C=C\c1c(C)c2ccccc2n1-c1ccccc1. The molecule has 2 aromatic carbocycles. The van der Waals surface area contributed by atoms with Crippen LogP contribution in [0.3, 0.4) is 0 Å². The first kappa shape index (κ1) is 11.8. The zero-order chi connectivity index (χ0) is 13.2. The van der Waals surface area contributed by atoms with Crippen molar-refractivity contribution >= 4 is 17.0 Å². The van der Waals surface area contributed by atoms with Crippen LogP contribution in [-0.4, -0.2) is 4.57 Å². The van der Waals surface area contributed by atoms with Gasteiger partial charge in [-0.25, -0.2) is 0 Å². The number of allylic oxidation sites excluding steroid dienone is 1. The van der Waals surface area contributed by atoms with E-state index in [1.165, 1.54) is 27.8 Å². The van der Waals surface area contributed by atoms with Crippen molar-refractivity contribution in [3.05, 3.63) is 71.9 Å². The van der Waals surface area contributed by atoms with Gasteiger partial charge >= 0.3 is 0 Å². The van der Waals surface area contributed by atoms with E-state index in [1.807, 2.05) is 0 Å². The van der Waals surface area contributed by atoms with Gasteiger partial charge in [-0.05, 0) is 43.7 Å². The highest BCUT2D eigenvalue weighted by molar-refractivity contribution is 5.89. The van der Waals surface area contributed by atoms with Crippen molar-refractivity contribution in [2.45, 2.75) is 13.8 Å². The van der Waals surface area contributed by atoms with Gasteiger partial charge in [0.1, 0.15) is 0 Å². The van der Waals surface area contributed by atoms with Gasteiger partial charge < -0.3 is 4.57 Å². The molecule has 0 aliphatic rings. The summed E-state index contributed by atoms with van der Waals surface area (Å²) in [5, 5.41) is 1.32. The van der Waals surface area contributed by atoms with Crippen LogP contribution in [0.4, 0.5) is 0 Å². The molecule has 0 N–H and O–H groups in total. The molecule has 1 nitrogen and oxygen atoms in total. The Balaban J connectivity index is 2.42. The fourth-order valence-electron chi connectivity index (χ4n) is 2.63. The van der Waals surface area contributed by atoms with Gasteiger partial charge in [0, 0.05) is 16.8 Å². The molecule has 0 atom stereocenters. The van der Waals surface area contributed by atoms with Crippen molar-refractivity contribution < 1.29 is 0 Å². The third kappa shape index (κ3) is 1.88. The fraction of sp³-hybridized carbons (Fsp3) is 0.111. The average Bonchev–Trinajstić information content (AvgIpc) is 2.74. The van der Waals surface area contributed by atoms with Gasteiger partial charge in [-0.15, -0.1) is 0 Å². The van der Waals surface area contributed by atoms with E-state index in [4.69, 9.17) is 0 Å². The second-order valence-corrected chi connectivity index (χ2v) is 4.70. The van der Waals surface area contributed by atoms with E-state index in [2.05, 4.69) is 85.2 Å². The Morgan fingerprint density at radius 3 is 2.32 bits per heavy atom. The number of fused-ring (bicyclic) bond motifs is 1. The predicted molar refractivity (Wildman–Crippen MR) is 82.7 cm³/mol. The smallest absolute Gasteiger partial charge is 0.0537 e. The van der Waals surface area contributed by atoms with Crippen molar-refractivity contribution in [1.82, 2.24) is 4.57 Å². The highest BCUT2D eigenvalue weighted by atomic mass is 15.0. The summed E-state index contributed by atoms with van der Waals surface area (Å²) >= 11 is 0. The molecule has 94 valence electrons. The Bertz CT molecular complexity index is 733. The lowest BCUT2D eigenvalue weighted by Crippen LogP contribution is -1.96. The van der Waals surface area contributed by atoms with Crippen LogP contribution in [0.5, 0.6) is 0 Å². The normalized spacial score (nSPS) is 11.5. The molecular formula is C18H17N. The maximum Gasteiger partial charge on any atom is 0.0537 e. The quantitative estimate of drug-likeness (QED) is 0.602. The largest absolute Gasteiger partial charge is 0.310 e. The Morgan fingerprint density at radius 2 is 1.58 bits per heavy atom. The summed E-state index contributed by atoms with van der Waals surface area (Å²) in [6.45, 7) is 4.25. The Labute approximate surface area is 113 Å². The molecule has 0 fully saturated rings. The van der Waals surface area contributed by atoms with E-state index in [-0.39, 0.29) is 0 Å². The summed E-state index contributed by atoms with van der Waals surface area (Å²) in [5.74, 6) is 0. The van der Waals surface area contributed by atoms with E-state index in [0.29, 0.717) is 0 Å². The molecule has 0 radical (unpaired) electrons. The van der Waals surface area contributed by atoms with Gasteiger partial charge in [-0.3, -0.25) is 0 Å². The van der Waals surface area contributed by atoms with Crippen molar-refractivity contribution in [3.8, 4) is 5.69 Å². The van der Waals surface area contributed by atoms with Crippen LogP contribution in [0.25, 0.3) is 22.7 Å².